The van der Waals surface area contributed by atoms with Gasteiger partial charge in [-0.1, -0.05) is 0 Å². The van der Waals surface area contributed by atoms with E-state index < -0.39 is 0 Å². The topological polar surface area (TPSA) is 90.6 Å². The Balaban J connectivity index is 2.71. The van der Waals surface area contributed by atoms with Crippen molar-refractivity contribution in [3.8, 4) is 11.5 Å². The molecule has 0 aliphatic carbocycles. The fraction of sp³-hybridized carbons (Fsp3) is 0.333. The zero-order valence-electron chi connectivity index (χ0n) is 10.4. The Kier molecular flexibility index (Phi) is 5.13. The minimum atomic E-state index is -0.311. The van der Waals surface area contributed by atoms with E-state index in [1.54, 1.807) is 18.2 Å². The maximum atomic E-state index is 11.2. The minimum Gasteiger partial charge on any atom is -0.493 e. The number of carbonyl (C=O) groups excluding carboxylic acids is 2. The molecule has 0 saturated carbocycles. The molecule has 1 rings (SSSR count). The third kappa shape index (κ3) is 3.74. The Hall–Kier alpha value is -2.08. The van der Waals surface area contributed by atoms with Gasteiger partial charge in [-0.25, -0.2) is 5.84 Å². The molecule has 6 nitrogen and oxygen atoms in total. The van der Waals surface area contributed by atoms with Gasteiger partial charge in [-0.2, -0.15) is 0 Å². The highest BCUT2D eigenvalue weighted by Gasteiger charge is 2.08. The lowest BCUT2D eigenvalue weighted by molar-refractivity contribution is -0.121. The van der Waals surface area contributed by atoms with E-state index in [1.165, 1.54) is 14.0 Å². The van der Waals surface area contributed by atoms with Gasteiger partial charge >= 0.3 is 0 Å². The molecule has 0 unspecified atom stereocenters. The van der Waals surface area contributed by atoms with Gasteiger partial charge < -0.3 is 9.47 Å². The van der Waals surface area contributed by atoms with Crippen LogP contribution in [0, 0.1) is 0 Å². The molecule has 98 valence electrons. The first kappa shape index (κ1) is 14.0. The lowest BCUT2D eigenvalue weighted by atomic mass is 10.1. The monoisotopic (exact) mass is 252 g/mol. The van der Waals surface area contributed by atoms with Crippen molar-refractivity contribution in [2.75, 3.05) is 13.7 Å². The maximum Gasteiger partial charge on any atom is 0.237 e. The first-order valence-electron chi connectivity index (χ1n) is 5.39. The van der Waals surface area contributed by atoms with E-state index in [1.807, 2.05) is 5.43 Å². The number of Topliss-reactive ketones (excluding diaryl/α,β-unsaturated/α-hetero) is 1. The zero-order valence-corrected chi connectivity index (χ0v) is 10.4. The zero-order chi connectivity index (χ0) is 13.5. The number of carbonyl (C=O) groups is 2. The lowest BCUT2D eigenvalue weighted by Crippen LogP contribution is -2.31. The summed E-state index contributed by atoms with van der Waals surface area (Å²) in [5.74, 6) is 5.51. The third-order valence-electron chi connectivity index (χ3n) is 2.32. The third-order valence-corrected chi connectivity index (χ3v) is 2.32. The van der Waals surface area contributed by atoms with E-state index in [0.29, 0.717) is 17.1 Å². The molecular formula is C12H16N2O4. The fourth-order valence-corrected chi connectivity index (χ4v) is 1.33. The van der Waals surface area contributed by atoms with Crippen LogP contribution in [-0.2, 0) is 4.79 Å². The number of rotatable bonds is 6. The number of hydrogen-bond acceptors (Lipinski definition) is 5. The number of hydrazine groups is 1. The van der Waals surface area contributed by atoms with Crippen molar-refractivity contribution >= 4 is 11.7 Å². The van der Waals surface area contributed by atoms with Crippen LogP contribution in [0.25, 0.3) is 0 Å². The molecule has 3 N–H and O–H groups in total. The van der Waals surface area contributed by atoms with E-state index >= 15 is 0 Å². The molecule has 1 amide bonds. The summed E-state index contributed by atoms with van der Waals surface area (Å²) in [7, 11) is 1.48. The first-order valence-corrected chi connectivity index (χ1v) is 5.39. The molecule has 0 radical (unpaired) electrons. The van der Waals surface area contributed by atoms with Crippen molar-refractivity contribution in [1.29, 1.82) is 0 Å². The molecular weight excluding hydrogens is 236 g/mol. The molecule has 18 heavy (non-hydrogen) atoms. The Morgan fingerprint density at radius 3 is 2.61 bits per heavy atom. The highest BCUT2D eigenvalue weighted by atomic mass is 16.5. The number of ketones is 1. The highest BCUT2D eigenvalue weighted by molar-refractivity contribution is 5.94. The molecule has 1 aromatic rings. The van der Waals surface area contributed by atoms with E-state index in [9.17, 15) is 9.59 Å². The number of methoxy groups -OCH3 is 1. The Morgan fingerprint density at radius 2 is 2.06 bits per heavy atom. The summed E-state index contributed by atoms with van der Waals surface area (Å²) in [5, 5.41) is 0. The molecule has 0 aliphatic rings. The predicted molar refractivity (Wildman–Crippen MR) is 65.4 cm³/mol. The van der Waals surface area contributed by atoms with Crippen LogP contribution >= 0.6 is 0 Å². The molecule has 0 bridgehead atoms. The van der Waals surface area contributed by atoms with E-state index in [-0.39, 0.29) is 24.7 Å². The number of amides is 1. The molecule has 0 atom stereocenters. The van der Waals surface area contributed by atoms with Crippen molar-refractivity contribution in [2.45, 2.75) is 13.3 Å². The van der Waals surface area contributed by atoms with Gasteiger partial charge in [0.05, 0.1) is 20.1 Å². The van der Waals surface area contributed by atoms with Gasteiger partial charge in [-0.05, 0) is 25.1 Å². The summed E-state index contributed by atoms with van der Waals surface area (Å²) in [6, 6.07) is 4.87. The molecule has 0 fully saturated rings. The van der Waals surface area contributed by atoms with Crippen LogP contribution in [0.5, 0.6) is 11.5 Å². The van der Waals surface area contributed by atoms with Crippen molar-refractivity contribution in [3.63, 3.8) is 0 Å². The normalized spacial score (nSPS) is 9.72. The molecule has 0 spiro atoms. The largest absolute Gasteiger partial charge is 0.493 e. The van der Waals surface area contributed by atoms with Crippen LogP contribution in [0.4, 0.5) is 0 Å². The summed E-state index contributed by atoms with van der Waals surface area (Å²) < 4.78 is 10.5. The number of benzene rings is 1. The molecule has 0 aliphatic heterocycles. The van der Waals surface area contributed by atoms with Crippen LogP contribution < -0.4 is 20.7 Å². The SMILES string of the molecule is COc1cc(C(C)=O)ccc1OCCC(=O)NN. The summed E-state index contributed by atoms with van der Waals surface area (Å²) in [6.07, 6.45) is 0.147. The van der Waals surface area contributed by atoms with Crippen LogP contribution in [0.3, 0.4) is 0 Å². The average molecular weight is 252 g/mol. The van der Waals surface area contributed by atoms with Gasteiger partial charge in [0.2, 0.25) is 5.91 Å². The second-order valence-corrected chi connectivity index (χ2v) is 3.59. The number of hydrogen-bond donors (Lipinski definition) is 2. The van der Waals surface area contributed by atoms with Crippen LogP contribution in [0.2, 0.25) is 0 Å². The van der Waals surface area contributed by atoms with Crippen LogP contribution in [0.1, 0.15) is 23.7 Å². The fourth-order valence-electron chi connectivity index (χ4n) is 1.33. The average Bonchev–Trinajstić information content (AvgIpc) is 2.38. The summed E-state index contributed by atoms with van der Waals surface area (Å²) in [4.78, 5) is 22.1. The second kappa shape index (κ2) is 6.61. The predicted octanol–water partition coefficient (Wildman–Crippen LogP) is 0.657. The van der Waals surface area contributed by atoms with E-state index in [2.05, 4.69) is 0 Å². The quantitative estimate of drug-likeness (QED) is 0.336. The Bertz CT molecular complexity index is 446. The molecule has 0 aromatic heterocycles. The number of nitrogens with two attached hydrogens (primary N) is 1. The number of ether oxygens (including phenoxy) is 2. The van der Waals surface area contributed by atoms with Gasteiger partial charge in [0, 0.05) is 5.56 Å². The Morgan fingerprint density at radius 1 is 1.33 bits per heavy atom. The summed E-state index contributed by atoms with van der Waals surface area (Å²) >= 11 is 0. The minimum absolute atomic E-state index is 0.0534. The van der Waals surface area contributed by atoms with Gasteiger partial charge in [0.15, 0.2) is 17.3 Å². The van der Waals surface area contributed by atoms with E-state index in [0.717, 1.165) is 0 Å². The molecule has 6 heteroatoms. The van der Waals surface area contributed by atoms with Gasteiger partial charge in [-0.15, -0.1) is 0 Å². The summed E-state index contributed by atoms with van der Waals surface area (Å²) in [5.41, 5.74) is 2.55. The molecule has 1 aromatic carbocycles. The van der Waals surface area contributed by atoms with Crippen molar-refractivity contribution in [2.24, 2.45) is 5.84 Å². The summed E-state index contributed by atoms with van der Waals surface area (Å²) in [6.45, 7) is 1.65. The lowest BCUT2D eigenvalue weighted by Gasteiger charge is -2.11. The van der Waals surface area contributed by atoms with Crippen molar-refractivity contribution in [1.82, 2.24) is 5.43 Å². The highest BCUT2D eigenvalue weighted by Crippen LogP contribution is 2.28. The maximum absolute atomic E-state index is 11.2. The van der Waals surface area contributed by atoms with Gasteiger partial charge in [-0.3, -0.25) is 15.0 Å². The molecule has 0 heterocycles. The van der Waals surface area contributed by atoms with E-state index in [4.69, 9.17) is 15.3 Å². The standard InChI is InChI=1S/C12H16N2O4/c1-8(15)9-3-4-10(11(7-9)17-2)18-6-5-12(16)14-13/h3-4,7H,5-6,13H2,1-2H3,(H,14,16). The van der Waals surface area contributed by atoms with Crippen LogP contribution in [0.15, 0.2) is 18.2 Å². The molecule has 0 saturated heterocycles. The van der Waals surface area contributed by atoms with Gasteiger partial charge in [0.25, 0.3) is 0 Å². The van der Waals surface area contributed by atoms with Crippen molar-refractivity contribution in [3.05, 3.63) is 23.8 Å². The van der Waals surface area contributed by atoms with Crippen LogP contribution in [-0.4, -0.2) is 25.4 Å². The Labute approximate surface area is 105 Å². The van der Waals surface area contributed by atoms with Gasteiger partial charge in [0.1, 0.15) is 0 Å². The van der Waals surface area contributed by atoms with Crippen molar-refractivity contribution < 1.29 is 19.1 Å². The number of nitrogens with one attached hydrogen (secondary N) is 1. The first-order chi connectivity index (χ1) is 8.58. The smallest absolute Gasteiger partial charge is 0.237 e. The second-order valence-electron chi connectivity index (χ2n) is 3.59.